The summed E-state index contributed by atoms with van der Waals surface area (Å²) in [5.74, 6) is 1.99. The van der Waals surface area contributed by atoms with Gasteiger partial charge in [0, 0.05) is 23.0 Å². The molecule has 0 heterocycles. The second kappa shape index (κ2) is 11.5. The molecule has 0 bridgehead atoms. The zero-order valence-corrected chi connectivity index (χ0v) is 19.6. The first-order valence-electron chi connectivity index (χ1n) is 10.5. The number of ether oxygens (including phenoxy) is 4. The Morgan fingerprint density at radius 1 is 0.794 bits per heavy atom. The van der Waals surface area contributed by atoms with Gasteiger partial charge in [-0.25, -0.2) is 0 Å². The molecule has 0 unspecified atom stereocenters. The molecule has 0 spiro atoms. The fourth-order valence-electron chi connectivity index (χ4n) is 3.31. The van der Waals surface area contributed by atoms with E-state index >= 15 is 0 Å². The topological polar surface area (TPSA) is 92.0 Å². The smallest absolute Gasteiger partial charge is 0.248 e. The number of benzene rings is 3. The molecule has 3 aromatic rings. The van der Waals surface area contributed by atoms with Crippen molar-refractivity contribution in [2.24, 2.45) is 0 Å². The average molecular weight is 461 g/mol. The summed E-state index contributed by atoms with van der Waals surface area (Å²) in [6, 6.07) is 16.4. The Bertz CT molecular complexity index is 1190. The Morgan fingerprint density at radius 3 is 2.12 bits per heavy atom. The Labute approximate surface area is 199 Å². The second-order valence-corrected chi connectivity index (χ2v) is 7.20. The number of rotatable bonds is 9. The van der Waals surface area contributed by atoms with Gasteiger partial charge in [0.2, 0.25) is 11.7 Å². The molecule has 0 fully saturated rings. The van der Waals surface area contributed by atoms with Crippen LogP contribution in [0, 0.1) is 0 Å². The van der Waals surface area contributed by atoms with Gasteiger partial charge in [-0.3, -0.25) is 4.79 Å². The van der Waals surface area contributed by atoms with E-state index in [0.29, 0.717) is 34.4 Å². The van der Waals surface area contributed by atoms with Crippen LogP contribution < -0.4 is 30.0 Å². The number of nitrogens with one attached hydrogen (secondary N) is 1. The number of anilines is 2. The van der Waals surface area contributed by atoms with E-state index in [0.717, 1.165) is 16.7 Å². The summed E-state index contributed by atoms with van der Waals surface area (Å²) in [4.78, 5) is 12.6. The molecule has 7 heteroatoms. The maximum absolute atomic E-state index is 12.6. The quantitative estimate of drug-likeness (QED) is 0.261. The zero-order valence-electron chi connectivity index (χ0n) is 19.6. The lowest BCUT2D eigenvalue weighted by atomic mass is 10.1. The molecular formula is C27H28N2O5. The summed E-state index contributed by atoms with van der Waals surface area (Å²) in [7, 11) is 6.28. The molecular weight excluding hydrogens is 432 g/mol. The van der Waals surface area contributed by atoms with E-state index in [1.54, 1.807) is 52.7 Å². The predicted molar refractivity (Wildman–Crippen MR) is 137 cm³/mol. The normalized spacial score (nSPS) is 10.9. The minimum absolute atomic E-state index is 0.282. The molecule has 3 N–H and O–H groups in total. The van der Waals surface area contributed by atoms with Crippen molar-refractivity contribution in [1.29, 1.82) is 0 Å². The highest BCUT2D eigenvalue weighted by molar-refractivity contribution is 6.03. The zero-order chi connectivity index (χ0) is 24.5. The van der Waals surface area contributed by atoms with Crippen LogP contribution in [0.1, 0.15) is 16.7 Å². The first kappa shape index (κ1) is 24.3. The van der Waals surface area contributed by atoms with Gasteiger partial charge in [-0.1, -0.05) is 30.4 Å². The lowest BCUT2D eigenvalue weighted by Gasteiger charge is -2.13. The van der Waals surface area contributed by atoms with Gasteiger partial charge in [-0.05, 0) is 53.6 Å². The molecule has 0 aliphatic rings. The van der Waals surface area contributed by atoms with Crippen molar-refractivity contribution in [3.63, 3.8) is 0 Å². The first-order chi connectivity index (χ1) is 16.5. The molecule has 176 valence electrons. The van der Waals surface area contributed by atoms with Crippen molar-refractivity contribution in [2.45, 2.75) is 0 Å². The third-order valence-corrected chi connectivity index (χ3v) is 5.07. The molecule has 0 aromatic heterocycles. The third-order valence-electron chi connectivity index (χ3n) is 5.07. The number of nitrogen functional groups attached to an aromatic ring is 1. The molecule has 0 radical (unpaired) electrons. The minimum atomic E-state index is -0.282. The monoisotopic (exact) mass is 460 g/mol. The molecule has 3 aromatic carbocycles. The Kier molecular flexibility index (Phi) is 8.18. The molecule has 3 rings (SSSR count). The first-order valence-corrected chi connectivity index (χ1v) is 10.5. The number of nitrogens with two attached hydrogens (primary N) is 1. The molecule has 0 atom stereocenters. The van der Waals surface area contributed by atoms with Crippen LogP contribution in [0.3, 0.4) is 0 Å². The molecule has 34 heavy (non-hydrogen) atoms. The SMILES string of the molecule is COc1ccc(NC(=O)/C=C/c2ccccc2N)c(C=Cc2cc(OC)c(OC)c(OC)c2)c1. The fourth-order valence-corrected chi connectivity index (χ4v) is 3.31. The highest BCUT2D eigenvalue weighted by Gasteiger charge is 2.12. The molecule has 0 saturated heterocycles. The van der Waals surface area contributed by atoms with Gasteiger partial charge < -0.3 is 30.0 Å². The number of methoxy groups -OCH3 is 4. The van der Waals surface area contributed by atoms with Crippen LogP contribution >= 0.6 is 0 Å². The van der Waals surface area contributed by atoms with E-state index in [1.165, 1.54) is 6.08 Å². The van der Waals surface area contributed by atoms with Crippen LogP contribution in [-0.4, -0.2) is 34.3 Å². The third kappa shape index (κ3) is 5.89. The van der Waals surface area contributed by atoms with Crippen LogP contribution in [0.5, 0.6) is 23.0 Å². The van der Waals surface area contributed by atoms with Gasteiger partial charge in [0.15, 0.2) is 11.5 Å². The summed E-state index contributed by atoms with van der Waals surface area (Å²) in [5, 5.41) is 2.91. The summed E-state index contributed by atoms with van der Waals surface area (Å²) in [6.45, 7) is 0. The van der Waals surface area contributed by atoms with Crippen LogP contribution in [0.15, 0.2) is 60.7 Å². The maximum atomic E-state index is 12.6. The van der Waals surface area contributed by atoms with Gasteiger partial charge >= 0.3 is 0 Å². The Balaban J connectivity index is 1.88. The van der Waals surface area contributed by atoms with Gasteiger partial charge in [-0.15, -0.1) is 0 Å². The van der Waals surface area contributed by atoms with Crippen molar-refractivity contribution in [1.82, 2.24) is 0 Å². The largest absolute Gasteiger partial charge is 0.497 e. The van der Waals surface area contributed by atoms with E-state index in [2.05, 4.69) is 5.32 Å². The average Bonchev–Trinajstić information content (AvgIpc) is 2.86. The van der Waals surface area contributed by atoms with Crippen LogP contribution in [0.25, 0.3) is 18.2 Å². The summed E-state index contributed by atoms with van der Waals surface area (Å²) in [6.07, 6.45) is 6.88. The van der Waals surface area contributed by atoms with Crippen molar-refractivity contribution >= 4 is 35.5 Å². The second-order valence-electron chi connectivity index (χ2n) is 7.20. The van der Waals surface area contributed by atoms with Gasteiger partial charge in [0.25, 0.3) is 0 Å². The number of hydrogen-bond donors (Lipinski definition) is 2. The molecule has 1 amide bonds. The highest BCUT2D eigenvalue weighted by Crippen LogP contribution is 2.38. The van der Waals surface area contributed by atoms with Crippen LogP contribution in [-0.2, 0) is 4.79 Å². The molecule has 0 aliphatic heterocycles. The molecule has 0 saturated carbocycles. The van der Waals surface area contributed by atoms with E-state index in [9.17, 15) is 4.79 Å². The fraction of sp³-hybridized carbons (Fsp3) is 0.148. The Hall–Kier alpha value is -4.39. The van der Waals surface area contributed by atoms with Gasteiger partial charge in [0.1, 0.15) is 5.75 Å². The van der Waals surface area contributed by atoms with E-state index in [-0.39, 0.29) is 5.91 Å². The lowest BCUT2D eigenvalue weighted by Crippen LogP contribution is -2.09. The maximum Gasteiger partial charge on any atom is 0.248 e. The summed E-state index contributed by atoms with van der Waals surface area (Å²) < 4.78 is 21.6. The number of carbonyl (C=O) groups is 1. The van der Waals surface area contributed by atoms with E-state index in [4.69, 9.17) is 24.7 Å². The lowest BCUT2D eigenvalue weighted by molar-refractivity contribution is -0.111. The minimum Gasteiger partial charge on any atom is -0.497 e. The van der Waals surface area contributed by atoms with E-state index < -0.39 is 0 Å². The highest BCUT2D eigenvalue weighted by atomic mass is 16.5. The molecule has 7 nitrogen and oxygen atoms in total. The van der Waals surface area contributed by atoms with Crippen molar-refractivity contribution in [3.8, 4) is 23.0 Å². The van der Waals surface area contributed by atoms with Crippen molar-refractivity contribution in [3.05, 3.63) is 77.4 Å². The Morgan fingerprint density at radius 2 is 1.50 bits per heavy atom. The van der Waals surface area contributed by atoms with Crippen molar-refractivity contribution in [2.75, 3.05) is 39.5 Å². The van der Waals surface area contributed by atoms with Crippen LogP contribution in [0.2, 0.25) is 0 Å². The van der Waals surface area contributed by atoms with Gasteiger partial charge in [0.05, 0.1) is 28.4 Å². The summed E-state index contributed by atoms with van der Waals surface area (Å²) in [5.41, 5.74) is 9.52. The van der Waals surface area contributed by atoms with Crippen molar-refractivity contribution < 1.29 is 23.7 Å². The number of para-hydroxylation sites is 1. The van der Waals surface area contributed by atoms with Gasteiger partial charge in [-0.2, -0.15) is 0 Å². The number of amides is 1. The van der Waals surface area contributed by atoms with E-state index in [1.807, 2.05) is 48.6 Å². The number of hydrogen-bond acceptors (Lipinski definition) is 6. The standard InChI is InChI=1S/C27H28N2O5/c1-31-21-12-13-23(29-26(30)14-11-19-7-5-6-8-22(19)28)20(17-21)10-9-18-15-24(32-2)27(34-4)25(16-18)33-3/h5-17H,28H2,1-4H3,(H,29,30)/b10-9?,14-11+. The summed E-state index contributed by atoms with van der Waals surface area (Å²) >= 11 is 0. The predicted octanol–water partition coefficient (Wildman–Crippen LogP) is 5.13. The molecule has 0 aliphatic carbocycles. The van der Waals surface area contributed by atoms with Crippen LogP contribution in [0.4, 0.5) is 11.4 Å². The number of carbonyl (C=O) groups excluding carboxylic acids is 1.